The van der Waals surface area contributed by atoms with Crippen LogP contribution in [0.1, 0.15) is 53.5 Å². The normalized spacial score (nSPS) is 15.2. The molecular weight excluding hydrogens is 353 g/mol. The Hall–Kier alpha value is -0.257. The molecule has 0 unspecified atom stereocenters. The molecule has 0 radical (unpaired) electrons. The predicted molar refractivity (Wildman–Crippen MR) is 88.3 cm³/mol. The van der Waals surface area contributed by atoms with E-state index in [2.05, 4.69) is 68.6 Å². The molecule has 0 aliphatic heterocycles. The molecule has 0 saturated heterocycles. The Kier molecular flexibility index (Phi) is 11.3. The van der Waals surface area contributed by atoms with Gasteiger partial charge in [0.1, 0.15) is 0 Å². The van der Waals surface area contributed by atoms with Gasteiger partial charge >= 0.3 is 27.0 Å². The molecule has 1 aliphatic carbocycles. The molecule has 1 aromatic carbocycles. The molecule has 0 saturated carbocycles. The van der Waals surface area contributed by atoms with Gasteiger partial charge < -0.3 is 0 Å². The van der Waals surface area contributed by atoms with Crippen LogP contribution in [0.15, 0.2) is 24.3 Å². The van der Waals surface area contributed by atoms with Gasteiger partial charge in [0.15, 0.2) is 0 Å². The zero-order valence-corrected chi connectivity index (χ0v) is 15.9. The van der Waals surface area contributed by atoms with Gasteiger partial charge in [-0.3, -0.25) is 0 Å². The molecule has 0 atom stereocenters. The third-order valence-electron chi connectivity index (χ3n) is 4.15. The van der Waals surface area contributed by atoms with Crippen LogP contribution in [0.25, 0.3) is 0 Å². The first-order valence-corrected chi connectivity index (χ1v) is 9.42. The standard InChI is InChI=1S/C10H15.C8H12.ClH.Ru/c1-6-7(2)9(4)10(5)8(6)3;1-2-4-6-8-7-5-3-1;;/h1-5H3;1-2,7-8H,3-6H2;1H;/q-1;;;+2/p-1/b;2-1-,8-7?;;. The van der Waals surface area contributed by atoms with Crippen molar-refractivity contribution in [1.82, 2.24) is 0 Å². The van der Waals surface area contributed by atoms with Crippen LogP contribution < -0.4 is 0 Å². The molecule has 0 aromatic heterocycles. The number of hydrogen-bond donors (Lipinski definition) is 0. The van der Waals surface area contributed by atoms with E-state index < -0.39 is 0 Å². The molecule has 2 heteroatoms. The first-order valence-electron chi connectivity index (χ1n) is 7.18. The number of allylic oxidation sites excluding steroid dienone is 4. The van der Waals surface area contributed by atoms with E-state index in [1.807, 2.05) is 17.3 Å². The quantitative estimate of drug-likeness (QED) is 0.281. The summed E-state index contributed by atoms with van der Waals surface area (Å²) in [6.45, 7) is 11.0. The minimum atomic E-state index is 1.23. The Morgan fingerprint density at radius 3 is 1.15 bits per heavy atom. The summed E-state index contributed by atoms with van der Waals surface area (Å²) < 4.78 is 0. The van der Waals surface area contributed by atoms with Crippen molar-refractivity contribution >= 4 is 9.69 Å². The van der Waals surface area contributed by atoms with Gasteiger partial charge in [-0.05, 0) is 25.7 Å². The average molecular weight is 380 g/mol. The summed E-state index contributed by atoms with van der Waals surface area (Å²) in [5, 5.41) is 0. The second kappa shape index (κ2) is 11.4. The maximum absolute atomic E-state index is 4.57. The van der Waals surface area contributed by atoms with Crippen molar-refractivity contribution in [2.45, 2.75) is 60.3 Å². The summed E-state index contributed by atoms with van der Waals surface area (Å²) in [6.07, 6.45) is 14.0. The minimum absolute atomic E-state index is 1.23. The summed E-state index contributed by atoms with van der Waals surface area (Å²) in [6, 6.07) is 0. The summed E-state index contributed by atoms with van der Waals surface area (Å²) in [5.41, 5.74) is 7.34. The van der Waals surface area contributed by atoms with Crippen LogP contribution in [0.5, 0.6) is 0 Å². The Morgan fingerprint density at radius 2 is 1.00 bits per heavy atom. The van der Waals surface area contributed by atoms with E-state index in [0.29, 0.717) is 0 Å². The SMILES string of the molecule is C1=CCC/C=C\CC1.Cc1c(C)c(C)[c-](C)c1C.[Cl][Ru+]. The van der Waals surface area contributed by atoms with Gasteiger partial charge in [-0.2, -0.15) is 27.8 Å². The van der Waals surface area contributed by atoms with Crippen LogP contribution in [-0.4, -0.2) is 0 Å². The third-order valence-corrected chi connectivity index (χ3v) is 4.15. The third kappa shape index (κ3) is 6.46. The topological polar surface area (TPSA) is 0 Å². The second-order valence-electron chi connectivity index (χ2n) is 5.22. The maximum atomic E-state index is 4.57. The summed E-state index contributed by atoms with van der Waals surface area (Å²) >= 11 is 1.82. The molecule has 0 nitrogen and oxygen atoms in total. The number of halogens is 1. The van der Waals surface area contributed by atoms with Gasteiger partial charge in [0, 0.05) is 0 Å². The summed E-state index contributed by atoms with van der Waals surface area (Å²) in [7, 11) is 4.57. The Bertz CT molecular complexity index is 332. The van der Waals surface area contributed by atoms with E-state index in [4.69, 9.17) is 0 Å². The monoisotopic (exact) mass is 380 g/mol. The van der Waals surface area contributed by atoms with Crippen LogP contribution in [0.2, 0.25) is 0 Å². The number of hydrogen-bond acceptors (Lipinski definition) is 0. The fraction of sp³-hybridized carbons (Fsp3) is 0.500. The molecule has 1 aromatic rings. The van der Waals surface area contributed by atoms with Crippen LogP contribution in [0.4, 0.5) is 0 Å². The Labute approximate surface area is 139 Å². The molecule has 0 amide bonds. The first kappa shape index (κ1) is 19.7. The van der Waals surface area contributed by atoms with Gasteiger partial charge in [-0.25, -0.2) is 0 Å². The average Bonchev–Trinajstić information content (AvgIpc) is 2.59. The molecule has 0 N–H and O–H groups in total. The van der Waals surface area contributed by atoms with E-state index in [1.54, 1.807) is 0 Å². The molecule has 0 bridgehead atoms. The van der Waals surface area contributed by atoms with Crippen molar-refractivity contribution in [3.8, 4) is 0 Å². The van der Waals surface area contributed by atoms with Crippen molar-refractivity contribution in [2.24, 2.45) is 0 Å². The van der Waals surface area contributed by atoms with Gasteiger partial charge in [0.25, 0.3) is 0 Å². The van der Waals surface area contributed by atoms with Crippen molar-refractivity contribution in [2.75, 3.05) is 0 Å². The Balaban J connectivity index is 0.000000327. The van der Waals surface area contributed by atoms with Crippen molar-refractivity contribution in [3.63, 3.8) is 0 Å². The molecule has 1 aliphatic rings. The van der Waals surface area contributed by atoms with Crippen LogP contribution in [0, 0.1) is 34.6 Å². The van der Waals surface area contributed by atoms with Gasteiger partial charge in [-0.1, -0.05) is 58.9 Å². The second-order valence-corrected chi connectivity index (χ2v) is 5.22. The van der Waals surface area contributed by atoms with Crippen molar-refractivity contribution in [3.05, 3.63) is 52.1 Å². The molecule has 0 spiro atoms. The zero-order valence-electron chi connectivity index (χ0n) is 13.4. The fourth-order valence-electron chi connectivity index (χ4n) is 2.26. The van der Waals surface area contributed by atoms with E-state index in [-0.39, 0.29) is 0 Å². The van der Waals surface area contributed by atoms with Crippen molar-refractivity contribution < 1.29 is 17.3 Å². The van der Waals surface area contributed by atoms with Gasteiger partial charge in [0.05, 0.1) is 0 Å². The first-order chi connectivity index (χ1) is 9.55. The van der Waals surface area contributed by atoms with E-state index >= 15 is 0 Å². The van der Waals surface area contributed by atoms with Crippen LogP contribution in [0.3, 0.4) is 0 Å². The Morgan fingerprint density at radius 1 is 0.750 bits per heavy atom. The zero-order chi connectivity index (χ0) is 15.5. The summed E-state index contributed by atoms with van der Waals surface area (Å²) in [4.78, 5) is 0. The van der Waals surface area contributed by atoms with Gasteiger partial charge in [-0.15, -0.1) is 0 Å². The predicted octanol–water partition coefficient (Wildman–Crippen LogP) is 6.31. The molecule has 20 heavy (non-hydrogen) atoms. The molecule has 0 heterocycles. The number of rotatable bonds is 0. The fourth-order valence-corrected chi connectivity index (χ4v) is 2.26. The van der Waals surface area contributed by atoms with Gasteiger partial charge in [0.2, 0.25) is 0 Å². The van der Waals surface area contributed by atoms with E-state index in [1.165, 1.54) is 53.5 Å². The van der Waals surface area contributed by atoms with Crippen LogP contribution >= 0.6 is 9.69 Å². The van der Waals surface area contributed by atoms with E-state index in [9.17, 15) is 0 Å². The molecule has 0 fully saturated rings. The van der Waals surface area contributed by atoms with Crippen LogP contribution in [-0.2, 0) is 17.3 Å². The molecule has 114 valence electrons. The molecular formula is C18H27ClRu. The summed E-state index contributed by atoms with van der Waals surface area (Å²) in [5.74, 6) is 0. The van der Waals surface area contributed by atoms with Crippen molar-refractivity contribution in [1.29, 1.82) is 0 Å². The van der Waals surface area contributed by atoms with E-state index in [0.717, 1.165) is 0 Å². The molecule has 2 rings (SSSR count).